The second-order valence-electron chi connectivity index (χ2n) is 6.46. The number of hydrogen-bond acceptors (Lipinski definition) is 4. The minimum absolute atomic E-state index is 0.00606. The van der Waals surface area contributed by atoms with Crippen LogP contribution in [-0.2, 0) is 0 Å². The zero-order valence-corrected chi connectivity index (χ0v) is 14.1. The lowest BCUT2D eigenvalue weighted by molar-refractivity contribution is 0.0931. The molecule has 1 amide bonds. The van der Waals surface area contributed by atoms with Crippen molar-refractivity contribution < 1.29 is 9.90 Å². The van der Waals surface area contributed by atoms with Crippen LogP contribution in [0.1, 0.15) is 29.6 Å². The summed E-state index contributed by atoms with van der Waals surface area (Å²) in [5.41, 5.74) is 0.680. The third kappa shape index (κ3) is 3.14. The molecule has 4 rings (SSSR count). The SMILES string of the molecule is O=C(N[C@@H]1C[C@H]2CC[C@@H]1N2)c1ccc(Sc2ccccc2O)cc1. The molecule has 3 N–H and O–H groups in total. The third-order valence-electron chi connectivity index (χ3n) is 4.83. The summed E-state index contributed by atoms with van der Waals surface area (Å²) < 4.78 is 0. The molecule has 0 aromatic heterocycles. The van der Waals surface area contributed by atoms with Gasteiger partial charge in [-0.3, -0.25) is 4.79 Å². The molecular weight excluding hydrogens is 320 g/mol. The van der Waals surface area contributed by atoms with Gasteiger partial charge in [-0.1, -0.05) is 23.9 Å². The molecule has 2 saturated heterocycles. The Kier molecular flexibility index (Phi) is 4.21. The summed E-state index contributed by atoms with van der Waals surface area (Å²) in [6.45, 7) is 0. The summed E-state index contributed by atoms with van der Waals surface area (Å²) in [4.78, 5) is 14.2. The van der Waals surface area contributed by atoms with Gasteiger partial charge in [0.05, 0.1) is 4.90 Å². The van der Waals surface area contributed by atoms with Crippen molar-refractivity contribution in [3.8, 4) is 5.75 Å². The van der Waals surface area contributed by atoms with Crippen LogP contribution in [0.5, 0.6) is 5.75 Å². The van der Waals surface area contributed by atoms with E-state index in [0.29, 0.717) is 17.6 Å². The maximum atomic E-state index is 12.4. The lowest BCUT2D eigenvalue weighted by atomic mass is 9.95. The number of carbonyl (C=O) groups is 1. The van der Waals surface area contributed by atoms with Crippen molar-refractivity contribution in [2.45, 2.75) is 47.2 Å². The first-order chi connectivity index (χ1) is 11.7. The highest BCUT2D eigenvalue weighted by Gasteiger charge is 2.39. The number of amides is 1. The molecule has 5 heteroatoms. The smallest absolute Gasteiger partial charge is 0.251 e. The van der Waals surface area contributed by atoms with Crippen LogP contribution in [0.4, 0.5) is 0 Å². The fraction of sp³-hybridized carbons (Fsp3) is 0.316. The second-order valence-corrected chi connectivity index (χ2v) is 7.57. The van der Waals surface area contributed by atoms with Crippen molar-refractivity contribution in [1.82, 2.24) is 10.6 Å². The quantitative estimate of drug-likeness (QED) is 0.800. The summed E-state index contributed by atoms with van der Waals surface area (Å²) in [5.74, 6) is 0.265. The van der Waals surface area contributed by atoms with E-state index in [2.05, 4.69) is 10.6 Å². The van der Waals surface area contributed by atoms with E-state index in [-0.39, 0.29) is 17.7 Å². The molecule has 0 radical (unpaired) electrons. The fourth-order valence-electron chi connectivity index (χ4n) is 3.58. The minimum Gasteiger partial charge on any atom is -0.507 e. The molecule has 124 valence electrons. The van der Waals surface area contributed by atoms with Gasteiger partial charge >= 0.3 is 0 Å². The van der Waals surface area contributed by atoms with E-state index in [9.17, 15) is 9.90 Å². The van der Waals surface area contributed by atoms with Gasteiger partial charge in [0.2, 0.25) is 0 Å². The van der Waals surface area contributed by atoms with Crippen LogP contribution in [0.3, 0.4) is 0 Å². The Morgan fingerprint density at radius 3 is 2.58 bits per heavy atom. The van der Waals surface area contributed by atoms with Crippen LogP contribution in [0.25, 0.3) is 0 Å². The molecule has 2 bridgehead atoms. The summed E-state index contributed by atoms with van der Waals surface area (Å²) >= 11 is 1.49. The number of carbonyl (C=O) groups excluding carboxylic acids is 1. The predicted molar refractivity (Wildman–Crippen MR) is 94.5 cm³/mol. The number of benzene rings is 2. The lowest BCUT2D eigenvalue weighted by Crippen LogP contribution is -2.42. The van der Waals surface area contributed by atoms with Crippen LogP contribution in [0.2, 0.25) is 0 Å². The average molecular weight is 340 g/mol. The van der Waals surface area contributed by atoms with Crippen LogP contribution < -0.4 is 10.6 Å². The number of hydrogen-bond donors (Lipinski definition) is 3. The van der Waals surface area contributed by atoms with E-state index in [0.717, 1.165) is 22.6 Å². The maximum absolute atomic E-state index is 12.4. The van der Waals surface area contributed by atoms with Gasteiger partial charge in [0, 0.05) is 28.6 Å². The van der Waals surface area contributed by atoms with E-state index in [1.807, 2.05) is 36.4 Å². The van der Waals surface area contributed by atoms with Crippen molar-refractivity contribution in [2.24, 2.45) is 0 Å². The fourth-order valence-corrected chi connectivity index (χ4v) is 4.43. The summed E-state index contributed by atoms with van der Waals surface area (Å²) in [6.07, 6.45) is 3.43. The van der Waals surface area contributed by atoms with Gasteiger partial charge in [0.15, 0.2) is 0 Å². The molecule has 0 saturated carbocycles. The van der Waals surface area contributed by atoms with E-state index in [1.54, 1.807) is 12.1 Å². The van der Waals surface area contributed by atoms with Crippen LogP contribution in [0.15, 0.2) is 58.3 Å². The maximum Gasteiger partial charge on any atom is 0.251 e. The standard InChI is InChI=1S/C19H20N2O2S/c22-17-3-1-2-4-18(17)24-14-8-5-12(6-9-14)19(23)21-16-11-13-7-10-15(16)20-13/h1-6,8-9,13,15-16,20,22H,7,10-11H2,(H,21,23)/t13-,15+,16-/m1/s1. The van der Waals surface area contributed by atoms with Crippen molar-refractivity contribution in [3.63, 3.8) is 0 Å². The van der Waals surface area contributed by atoms with Gasteiger partial charge in [-0.2, -0.15) is 0 Å². The third-order valence-corrected chi connectivity index (χ3v) is 5.90. The van der Waals surface area contributed by atoms with Crippen molar-refractivity contribution in [2.75, 3.05) is 0 Å². The monoisotopic (exact) mass is 340 g/mol. The Hall–Kier alpha value is -1.98. The summed E-state index contributed by atoms with van der Waals surface area (Å²) in [7, 11) is 0. The highest BCUT2D eigenvalue weighted by molar-refractivity contribution is 7.99. The van der Waals surface area contributed by atoms with Gasteiger partial charge in [-0.15, -0.1) is 0 Å². The molecule has 4 nitrogen and oxygen atoms in total. The number of phenolic OH excluding ortho intramolecular Hbond substituents is 1. The number of nitrogens with one attached hydrogen (secondary N) is 2. The Bertz CT molecular complexity index is 747. The van der Waals surface area contributed by atoms with Crippen LogP contribution >= 0.6 is 11.8 Å². The Morgan fingerprint density at radius 2 is 1.92 bits per heavy atom. The molecule has 2 aliphatic rings. The van der Waals surface area contributed by atoms with Gasteiger partial charge in [-0.05, 0) is 55.7 Å². The van der Waals surface area contributed by atoms with Gasteiger partial charge < -0.3 is 15.7 Å². The Labute approximate surface area is 145 Å². The first-order valence-electron chi connectivity index (χ1n) is 8.32. The zero-order valence-electron chi connectivity index (χ0n) is 13.2. The molecular formula is C19H20N2O2S. The molecule has 2 aliphatic heterocycles. The zero-order chi connectivity index (χ0) is 16.5. The number of fused-ring (bicyclic) bond motifs is 2. The average Bonchev–Trinajstić information content (AvgIpc) is 3.20. The molecule has 24 heavy (non-hydrogen) atoms. The number of phenols is 1. The molecule has 0 unspecified atom stereocenters. The van der Waals surface area contributed by atoms with Gasteiger partial charge in [0.1, 0.15) is 5.75 Å². The molecule has 3 atom stereocenters. The van der Waals surface area contributed by atoms with E-state index in [4.69, 9.17) is 0 Å². The molecule has 2 aromatic rings. The van der Waals surface area contributed by atoms with Crippen molar-refractivity contribution in [3.05, 3.63) is 54.1 Å². The largest absolute Gasteiger partial charge is 0.507 e. The lowest BCUT2D eigenvalue weighted by Gasteiger charge is -2.21. The Morgan fingerprint density at radius 1 is 1.12 bits per heavy atom. The second kappa shape index (κ2) is 6.49. The highest BCUT2D eigenvalue weighted by atomic mass is 32.2. The van der Waals surface area contributed by atoms with Crippen LogP contribution in [0, 0.1) is 0 Å². The molecule has 0 spiro atoms. The first-order valence-corrected chi connectivity index (χ1v) is 9.13. The minimum atomic E-state index is -0.00606. The summed E-state index contributed by atoms with van der Waals surface area (Å²) in [5, 5.41) is 16.5. The normalized spacial score (nSPS) is 24.9. The summed E-state index contributed by atoms with van der Waals surface area (Å²) in [6, 6.07) is 16.1. The Balaban J connectivity index is 1.40. The number of aromatic hydroxyl groups is 1. The van der Waals surface area contributed by atoms with Crippen LogP contribution in [-0.4, -0.2) is 29.1 Å². The number of para-hydroxylation sites is 1. The topological polar surface area (TPSA) is 61.4 Å². The first kappa shape index (κ1) is 15.5. The van der Waals surface area contributed by atoms with Crippen molar-refractivity contribution in [1.29, 1.82) is 0 Å². The van der Waals surface area contributed by atoms with E-state index >= 15 is 0 Å². The highest BCUT2D eigenvalue weighted by Crippen LogP contribution is 2.34. The van der Waals surface area contributed by atoms with Gasteiger partial charge in [-0.25, -0.2) is 0 Å². The molecule has 2 aromatic carbocycles. The van der Waals surface area contributed by atoms with E-state index < -0.39 is 0 Å². The van der Waals surface area contributed by atoms with E-state index in [1.165, 1.54) is 18.2 Å². The van der Waals surface area contributed by atoms with Crippen molar-refractivity contribution >= 4 is 17.7 Å². The predicted octanol–water partition coefficient (Wildman–Crippen LogP) is 3.17. The van der Waals surface area contributed by atoms with Gasteiger partial charge in [0.25, 0.3) is 5.91 Å². The molecule has 0 aliphatic carbocycles. The molecule has 2 fully saturated rings. The number of rotatable bonds is 4. The molecule has 2 heterocycles.